The lowest BCUT2D eigenvalue weighted by Gasteiger charge is -2.25. The standard InChI is InChI=1S/C21H32N2O2.C20H18O8/c1-4-6-7-8-16(5-2)23-20(24)25-17-10-9-15-13-19-21(3,11-12-22-19)18(15)14-17;1-11-3-7-13(8-4-11)19(25)27-15(17(21)22)16(18(23)24)28-20(26)14-9-5-12(2)6-10-14/h9-10,14,16,19,22H,4-8,11-13H2,1-3H3,(H,23,24);3-10,15-16H,1-2H3,(H,21,22)(H,23,24)/t16?,19-,21+;15-,16-/m11/s1. The van der Waals surface area contributed by atoms with Crippen LogP contribution in [0.15, 0.2) is 66.7 Å². The highest BCUT2D eigenvalue weighted by Gasteiger charge is 2.46. The predicted molar refractivity (Wildman–Crippen MR) is 197 cm³/mol. The number of aliphatic carboxylic acids is 2. The Labute approximate surface area is 310 Å². The van der Waals surface area contributed by atoms with Gasteiger partial charge in [0.1, 0.15) is 5.75 Å². The number of rotatable bonds is 14. The van der Waals surface area contributed by atoms with Crippen LogP contribution >= 0.6 is 0 Å². The Morgan fingerprint density at radius 3 is 1.87 bits per heavy atom. The summed E-state index contributed by atoms with van der Waals surface area (Å²) in [5, 5.41) is 25.3. The van der Waals surface area contributed by atoms with Gasteiger partial charge in [-0.2, -0.15) is 0 Å². The first-order valence-corrected chi connectivity index (χ1v) is 18.1. The second-order valence-electron chi connectivity index (χ2n) is 13.9. The number of fused-ring (bicyclic) bond motifs is 3. The van der Waals surface area contributed by atoms with Gasteiger partial charge in [-0.3, -0.25) is 0 Å². The fraction of sp³-hybridized carbons (Fsp3) is 0.439. The number of hydrogen-bond donors (Lipinski definition) is 4. The van der Waals surface area contributed by atoms with Gasteiger partial charge in [-0.1, -0.05) is 81.5 Å². The number of amides is 1. The second-order valence-corrected chi connectivity index (χ2v) is 13.9. The number of carbonyl (C=O) groups is 5. The summed E-state index contributed by atoms with van der Waals surface area (Å²) in [7, 11) is 0. The Balaban J connectivity index is 0.000000238. The molecule has 0 aromatic heterocycles. The zero-order chi connectivity index (χ0) is 38.7. The Kier molecular flexibility index (Phi) is 14.2. The summed E-state index contributed by atoms with van der Waals surface area (Å²) >= 11 is 0. The van der Waals surface area contributed by atoms with Gasteiger partial charge in [-0.05, 0) is 93.6 Å². The third kappa shape index (κ3) is 10.7. The summed E-state index contributed by atoms with van der Waals surface area (Å²) in [4.78, 5) is 59.6. The number of esters is 2. The highest BCUT2D eigenvalue weighted by atomic mass is 16.6. The summed E-state index contributed by atoms with van der Waals surface area (Å²) in [6.45, 7) is 11.3. The maximum atomic E-state index is 12.3. The topological polar surface area (TPSA) is 178 Å². The zero-order valence-electron chi connectivity index (χ0n) is 31.0. The highest BCUT2D eigenvalue weighted by Crippen LogP contribution is 2.45. The first-order valence-electron chi connectivity index (χ1n) is 18.1. The minimum Gasteiger partial charge on any atom is -0.478 e. The van der Waals surface area contributed by atoms with Gasteiger partial charge in [0.2, 0.25) is 12.2 Å². The number of benzene rings is 3. The van der Waals surface area contributed by atoms with Crippen molar-refractivity contribution in [3.05, 3.63) is 100 Å². The molecule has 1 aliphatic heterocycles. The van der Waals surface area contributed by atoms with Gasteiger partial charge in [0.25, 0.3) is 0 Å². The summed E-state index contributed by atoms with van der Waals surface area (Å²) in [6.07, 6.45) is 2.98. The molecule has 53 heavy (non-hydrogen) atoms. The maximum absolute atomic E-state index is 12.3. The number of ether oxygens (including phenoxy) is 3. The van der Waals surface area contributed by atoms with Crippen LogP contribution in [-0.2, 0) is 30.9 Å². The minimum absolute atomic E-state index is 0.0332. The first kappa shape index (κ1) is 40.5. The van der Waals surface area contributed by atoms with Crippen LogP contribution in [0.3, 0.4) is 0 Å². The summed E-state index contributed by atoms with van der Waals surface area (Å²) < 4.78 is 15.2. The Bertz CT molecular complexity index is 1680. The summed E-state index contributed by atoms with van der Waals surface area (Å²) in [5.74, 6) is -4.96. The van der Waals surface area contributed by atoms with Gasteiger partial charge in [0.05, 0.1) is 11.1 Å². The molecular formula is C41H50N2O10. The third-order valence-corrected chi connectivity index (χ3v) is 9.91. The van der Waals surface area contributed by atoms with Crippen LogP contribution in [0.25, 0.3) is 0 Å². The molecule has 1 amide bonds. The van der Waals surface area contributed by atoms with E-state index in [1.807, 2.05) is 6.07 Å². The van der Waals surface area contributed by atoms with Crippen LogP contribution in [0.4, 0.5) is 4.79 Å². The molecule has 284 valence electrons. The summed E-state index contributed by atoms with van der Waals surface area (Å²) in [6, 6.07) is 18.9. The second kappa shape index (κ2) is 18.5. The van der Waals surface area contributed by atoms with Crippen LogP contribution in [0, 0.1) is 13.8 Å². The van der Waals surface area contributed by atoms with E-state index in [9.17, 15) is 34.2 Å². The minimum atomic E-state index is -2.22. The molecule has 4 N–H and O–H groups in total. The van der Waals surface area contributed by atoms with Crippen molar-refractivity contribution in [1.82, 2.24) is 10.6 Å². The van der Waals surface area contributed by atoms with Crippen LogP contribution < -0.4 is 15.4 Å². The molecule has 5 atom stereocenters. The monoisotopic (exact) mass is 730 g/mol. The molecular weight excluding hydrogens is 680 g/mol. The molecule has 0 radical (unpaired) electrons. The molecule has 1 heterocycles. The maximum Gasteiger partial charge on any atom is 0.412 e. The quantitative estimate of drug-likeness (QED) is 0.105. The van der Waals surface area contributed by atoms with Crippen molar-refractivity contribution in [3.63, 3.8) is 0 Å². The number of carboxylic acids is 2. The Morgan fingerprint density at radius 2 is 1.38 bits per heavy atom. The van der Waals surface area contributed by atoms with E-state index in [0.29, 0.717) is 11.8 Å². The smallest absolute Gasteiger partial charge is 0.412 e. The summed E-state index contributed by atoms with van der Waals surface area (Å²) in [5.41, 5.74) is 4.71. The average molecular weight is 731 g/mol. The lowest BCUT2D eigenvalue weighted by atomic mass is 9.81. The van der Waals surface area contributed by atoms with Gasteiger partial charge in [-0.15, -0.1) is 0 Å². The van der Waals surface area contributed by atoms with Crippen LogP contribution in [-0.4, -0.2) is 71.0 Å². The fourth-order valence-corrected chi connectivity index (χ4v) is 6.63. The highest BCUT2D eigenvalue weighted by molar-refractivity contribution is 5.95. The van der Waals surface area contributed by atoms with E-state index < -0.39 is 36.1 Å². The molecule has 3 aromatic rings. The molecule has 0 bridgehead atoms. The van der Waals surface area contributed by atoms with Gasteiger partial charge < -0.3 is 35.1 Å². The number of hydrogen-bond acceptors (Lipinski definition) is 9. The van der Waals surface area contributed by atoms with E-state index >= 15 is 0 Å². The molecule has 0 spiro atoms. The van der Waals surface area contributed by atoms with Crippen LogP contribution in [0.2, 0.25) is 0 Å². The molecule has 12 nitrogen and oxygen atoms in total. The average Bonchev–Trinajstić information content (AvgIpc) is 3.63. The van der Waals surface area contributed by atoms with Crippen molar-refractivity contribution in [2.24, 2.45) is 0 Å². The lowest BCUT2D eigenvalue weighted by molar-refractivity contribution is -0.166. The molecule has 1 aliphatic carbocycles. The largest absolute Gasteiger partial charge is 0.478 e. The zero-order valence-corrected chi connectivity index (χ0v) is 31.0. The lowest BCUT2D eigenvalue weighted by Crippen LogP contribution is -2.45. The number of aryl methyl sites for hydroxylation is 2. The van der Waals surface area contributed by atoms with E-state index in [-0.39, 0.29) is 28.7 Å². The van der Waals surface area contributed by atoms with E-state index in [2.05, 4.69) is 43.5 Å². The number of carboxylic acid groups (broad SMARTS) is 2. The predicted octanol–water partition coefficient (Wildman–Crippen LogP) is 6.53. The van der Waals surface area contributed by atoms with Crippen molar-refractivity contribution < 1.29 is 48.4 Å². The normalized spacial score (nSPS) is 18.5. The van der Waals surface area contributed by atoms with Crippen molar-refractivity contribution in [2.45, 2.75) is 109 Å². The molecule has 1 unspecified atom stereocenters. The van der Waals surface area contributed by atoms with E-state index in [1.54, 1.807) is 38.1 Å². The van der Waals surface area contributed by atoms with Gasteiger partial charge >= 0.3 is 30.0 Å². The molecule has 0 saturated carbocycles. The number of nitrogens with one attached hydrogen (secondary N) is 2. The van der Waals surface area contributed by atoms with Crippen LogP contribution in [0.5, 0.6) is 5.75 Å². The molecule has 3 aromatic carbocycles. The van der Waals surface area contributed by atoms with E-state index in [1.165, 1.54) is 48.2 Å². The number of unbranched alkanes of at least 4 members (excludes halogenated alkanes) is 2. The van der Waals surface area contributed by atoms with Crippen molar-refractivity contribution >= 4 is 30.0 Å². The van der Waals surface area contributed by atoms with Crippen molar-refractivity contribution in [1.29, 1.82) is 0 Å². The molecule has 2 aliphatic rings. The molecule has 12 heteroatoms. The van der Waals surface area contributed by atoms with Crippen molar-refractivity contribution in [3.8, 4) is 5.75 Å². The third-order valence-electron chi connectivity index (χ3n) is 9.91. The Morgan fingerprint density at radius 1 is 0.830 bits per heavy atom. The van der Waals surface area contributed by atoms with Gasteiger partial charge in [0.15, 0.2) is 0 Å². The molecule has 5 rings (SSSR count). The van der Waals surface area contributed by atoms with Gasteiger partial charge in [0, 0.05) is 17.5 Å². The molecule has 1 fully saturated rings. The number of carbonyl (C=O) groups excluding carboxylic acids is 3. The van der Waals surface area contributed by atoms with E-state index in [4.69, 9.17) is 14.2 Å². The molecule has 1 saturated heterocycles. The fourth-order valence-electron chi connectivity index (χ4n) is 6.63. The SMILES string of the molecule is CCCCCC(CC)NC(=O)Oc1ccc2c(c1)[C@]1(C)CCN[C@@H]1C2.Cc1ccc(C(=O)O[C@@H](C(=O)O)[C@@H](OC(=O)c2ccc(C)cc2)C(=O)O)cc1. The van der Waals surface area contributed by atoms with E-state index in [0.717, 1.165) is 49.8 Å². The van der Waals surface area contributed by atoms with Gasteiger partial charge in [-0.25, -0.2) is 24.0 Å². The van der Waals surface area contributed by atoms with Crippen molar-refractivity contribution in [2.75, 3.05) is 6.54 Å². The van der Waals surface area contributed by atoms with Crippen LogP contribution in [0.1, 0.15) is 102 Å². The first-order chi connectivity index (χ1) is 25.2. The Hall–Kier alpha value is -5.23.